The summed E-state index contributed by atoms with van der Waals surface area (Å²) in [5.41, 5.74) is 4.25. The van der Waals surface area contributed by atoms with E-state index in [2.05, 4.69) is 35.5 Å². The van der Waals surface area contributed by atoms with Crippen LogP contribution in [-0.4, -0.2) is 38.3 Å². The summed E-state index contributed by atoms with van der Waals surface area (Å²) < 4.78 is 5.70. The van der Waals surface area contributed by atoms with Gasteiger partial charge >= 0.3 is 0 Å². The maximum atomic E-state index is 5.70. The fourth-order valence-electron chi connectivity index (χ4n) is 2.67. The Morgan fingerprint density at radius 3 is 3.00 bits per heavy atom. The van der Waals surface area contributed by atoms with Gasteiger partial charge in [-0.15, -0.1) is 12.4 Å². The average molecular weight is 297 g/mol. The molecule has 1 N–H and O–H groups in total. The molecule has 1 aliphatic carbocycles. The Balaban J connectivity index is 0.00000147. The van der Waals surface area contributed by atoms with Gasteiger partial charge < -0.3 is 10.1 Å². The molecule has 4 heteroatoms. The molecule has 0 bridgehead atoms. The van der Waals surface area contributed by atoms with Crippen molar-refractivity contribution in [1.29, 1.82) is 0 Å². The van der Waals surface area contributed by atoms with Crippen LogP contribution >= 0.6 is 12.4 Å². The zero-order chi connectivity index (χ0) is 13.1. The Labute approximate surface area is 128 Å². The molecule has 1 fully saturated rings. The van der Waals surface area contributed by atoms with Crippen molar-refractivity contribution in [3.05, 3.63) is 29.3 Å². The summed E-state index contributed by atoms with van der Waals surface area (Å²) in [6.45, 7) is 4.92. The molecule has 112 valence electrons. The van der Waals surface area contributed by atoms with Crippen LogP contribution in [-0.2, 0) is 17.7 Å². The monoisotopic (exact) mass is 296 g/mol. The lowest BCUT2D eigenvalue weighted by molar-refractivity contribution is 0.102. The van der Waals surface area contributed by atoms with Gasteiger partial charge in [-0.1, -0.05) is 18.2 Å². The van der Waals surface area contributed by atoms with E-state index in [1.807, 2.05) is 0 Å². The second-order valence-corrected chi connectivity index (χ2v) is 5.88. The lowest BCUT2D eigenvalue weighted by atomic mass is 10.1. The number of nitrogens with one attached hydrogen (secondary N) is 1. The van der Waals surface area contributed by atoms with Crippen LogP contribution in [0.15, 0.2) is 18.2 Å². The summed E-state index contributed by atoms with van der Waals surface area (Å²) in [6, 6.07) is 6.65. The normalized spacial score (nSPS) is 16.7. The molecule has 0 amide bonds. The number of hydrogen-bond acceptors (Lipinski definition) is 3. The molecule has 1 heterocycles. The van der Waals surface area contributed by atoms with Crippen molar-refractivity contribution in [1.82, 2.24) is 4.90 Å². The van der Waals surface area contributed by atoms with Crippen LogP contribution in [0.1, 0.15) is 24.0 Å². The van der Waals surface area contributed by atoms with Crippen LogP contribution < -0.4 is 5.32 Å². The first-order valence-corrected chi connectivity index (χ1v) is 7.44. The molecule has 3 rings (SSSR count). The zero-order valence-electron chi connectivity index (χ0n) is 12.2. The van der Waals surface area contributed by atoms with Crippen molar-refractivity contribution < 1.29 is 4.74 Å². The molecule has 3 nitrogen and oxygen atoms in total. The second kappa shape index (κ2) is 7.30. The van der Waals surface area contributed by atoms with Gasteiger partial charge in [0.25, 0.3) is 0 Å². The zero-order valence-corrected chi connectivity index (χ0v) is 13.0. The minimum atomic E-state index is 0. The maximum Gasteiger partial charge on any atom is 0.0593 e. The molecule has 0 unspecified atom stereocenters. The van der Waals surface area contributed by atoms with Crippen LogP contribution in [0.5, 0.6) is 0 Å². The van der Waals surface area contributed by atoms with E-state index in [1.54, 1.807) is 0 Å². The highest BCUT2D eigenvalue weighted by Gasteiger charge is 2.21. The Morgan fingerprint density at radius 1 is 1.35 bits per heavy atom. The number of likely N-dealkylation sites (N-methyl/N-ethyl adjacent to an activating group) is 1. The first kappa shape index (κ1) is 15.6. The van der Waals surface area contributed by atoms with Gasteiger partial charge in [0.15, 0.2) is 0 Å². The lowest BCUT2D eigenvalue weighted by Gasteiger charge is -2.18. The topological polar surface area (TPSA) is 24.5 Å². The fraction of sp³-hybridized carbons (Fsp3) is 0.625. The van der Waals surface area contributed by atoms with Gasteiger partial charge in [0.05, 0.1) is 6.61 Å². The van der Waals surface area contributed by atoms with E-state index in [9.17, 15) is 0 Å². The molecule has 0 spiro atoms. The van der Waals surface area contributed by atoms with Crippen LogP contribution in [0.2, 0.25) is 0 Å². The molecule has 1 aromatic carbocycles. The minimum absolute atomic E-state index is 0. The summed E-state index contributed by atoms with van der Waals surface area (Å²) in [6.07, 6.45) is 3.91. The number of anilines is 1. The van der Waals surface area contributed by atoms with E-state index < -0.39 is 0 Å². The van der Waals surface area contributed by atoms with E-state index in [1.165, 1.54) is 29.7 Å². The number of hydrogen-bond donors (Lipinski definition) is 1. The van der Waals surface area contributed by atoms with Crippen molar-refractivity contribution in [2.75, 3.05) is 38.7 Å². The number of rotatable bonds is 7. The molecular formula is C16H25ClN2O. The smallest absolute Gasteiger partial charge is 0.0593 e. The van der Waals surface area contributed by atoms with Gasteiger partial charge in [-0.05, 0) is 43.4 Å². The van der Waals surface area contributed by atoms with E-state index >= 15 is 0 Å². The summed E-state index contributed by atoms with van der Waals surface area (Å²) in [5.74, 6) is 0.867. The fourth-order valence-corrected chi connectivity index (χ4v) is 2.67. The number of nitrogens with zero attached hydrogens (tertiary/aromatic N) is 1. The number of ether oxygens (including phenoxy) is 1. The molecule has 2 aliphatic rings. The first-order chi connectivity index (χ1) is 9.33. The van der Waals surface area contributed by atoms with Crippen LogP contribution in [0.3, 0.4) is 0 Å². The van der Waals surface area contributed by atoms with Crippen molar-refractivity contribution >= 4 is 18.1 Å². The van der Waals surface area contributed by atoms with Gasteiger partial charge in [0, 0.05) is 31.9 Å². The number of halogens is 1. The predicted octanol–water partition coefficient (Wildman–Crippen LogP) is 2.93. The van der Waals surface area contributed by atoms with E-state index in [0.29, 0.717) is 0 Å². The number of benzene rings is 1. The highest BCUT2D eigenvalue weighted by molar-refractivity contribution is 5.85. The van der Waals surface area contributed by atoms with Crippen molar-refractivity contribution in [2.45, 2.75) is 25.8 Å². The van der Waals surface area contributed by atoms with Gasteiger partial charge in [0.1, 0.15) is 0 Å². The van der Waals surface area contributed by atoms with Crippen LogP contribution in [0.25, 0.3) is 0 Å². The minimum Gasteiger partial charge on any atom is -0.384 e. The highest BCUT2D eigenvalue weighted by atomic mass is 35.5. The van der Waals surface area contributed by atoms with Crippen molar-refractivity contribution in [3.8, 4) is 0 Å². The number of fused-ring (bicyclic) bond motifs is 1. The SMILES string of the molecule is CN(CCOCC1CC1)Cc1cccc2c1NCC2.Cl. The molecule has 0 atom stereocenters. The van der Waals surface area contributed by atoms with E-state index in [4.69, 9.17) is 4.74 Å². The molecule has 0 aromatic heterocycles. The molecular weight excluding hydrogens is 272 g/mol. The second-order valence-electron chi connectivity index (χ2n) is 5.88. The Kier molecular flexibility index (Phi) is 5.70. The van der Waals surface area contributed by atoms with E-state index in [-0.39, 0.29) is 12.4 Å². The summed E-state index contributed by atoms with van der Waals surface area (Å²) >= 11 is 0. The Hall–Kier alpha value is -0.770. The molecule has 1 aromatic rings. The third kappa shape index (κ3) is 4.11. The quantitative estimate of drug-likeness (QED) is 0.783. The van der Waals surface area contributed by atoms with Gasteiger partial charge in [-0.3, -0.25) is 4.90 Å². The molecule has 20 heavy (non-hydrogen) atoms. The summed E-state index contributed by atoms with van der Waals surface area (Å²) in [5, 5.41) is 3.51. The summed E-state index contributed by atoms with van der Waals surface area (Å²) in [7, 11) is 2.18. The Bertz CT molecular complexity index is 434. The highest BCUT2D eigenvalue weighted by Crippen LogP contribution is 2.29. The number of para-hydroxylation sites is 1. The van der Waals surface area contributed by atoms with Crippen molar-refractivity contribution in [2.24, 2.45) is 5.92 Å². The van der Waals surface area contributed by atoms with Gasteiger partial charge in [0.2, 0.25) is 0 Å². The van der Waals surface area contributed by atoms with Crippen LogP contribution in [0.4, 0.5) is 5.69 Å². The van der Waals surface area contributed by atoms with Gasteiger partial charge in [-0.2, -0.15) is 0 Å². The third-order valence-electron chi connectivity index (χ3n) is 4.04. The molecule has 1 aliphatic heterocycles. The van der Waals surface area contributed by atoms with E-state index in [0.717, 1.165) is 45.2 Å². The maximum absolute atomic E-state index is 5.70. The summed E-state index contributed by atoms with van der Waals surface area (Å²) in [4.78, 5) is 2.35. The molecule has 0 radical (unpaired) electrons. The predicted molar refractivity (Wildman–Crippen MR) is 85.8 cm³/mol. The third-order valence-corrected chi connectivity index (χ3v) is 4.04. The average Bonchev–Trinajstić information content (AvgIpc) is 3.10. The largest absolute Gasteiger partial charge is 0.384 e. The van der Waals surface area contributed by atoms with Crippen LogP contribution in [0, 0.1) is 5.92 Å². The molecule has 1 saturated carbocycles. The lowest BCUT2D eigenvalue weighted by Crippen LogP contribution is -2.23. The molecule has 0 saturated heterocycles. The van der Waals surface area contributed by atoms with Gasteiger partial charge in [-0.25, -0.2) is 0 Å². The standard InChI is InChI=1S/C16H24N2O.ClH/c1-18(9-10-19-12-13-5-6-13)11-15-4-2-3-14-7-8-17-16(14)15;/h2-4,13,17H,5-12H2,1H3;1H. The van der Waals surface area contributed by atoms with Crippen molar-refractivity contribution in [3.63, 3.8) is 0 Å². The first-order valence-electron chi connectivity index (χ1n) is 7.44. The Morgan fingerprint density at radius 2 is 2.20 bits per heavy atom.